The first kappa shape index (κ1) is 14.7. The lowest BCUT2D eigenvalue weighted by atomic mass is 10.1. The van der Waals surface area contributed by atoms with Crippen molar-refractivity contribution in [3.05, 3.63) is 34.3 Å². The number of hydrogen-bond donors (Lipinski definition) is 0. The van der Waals surface area contributed by atoms with E-state index < -0.39 is 0 Å². The molecule has 0 saturated heterocycles. The van der Waals surface area contributed by atoms with Crippen LogP contribution >= 0.6 is 31.9 Å². The molecule has 3 nitrogen and oxygen atoms in total. The Balaban J connectivity index is 2.74. The average molecular weight is 391 g/mol. The molecule has 1 heterocycles. The fourth-order valence-corrected chi connectivity index (χ4v) is 2.86. The first-order valence-corrected chi connectivity index (χ1v) is 7.73. The maximum Gasteiger partial charge on any atom is 0.168 e. The second-order valence-electron chi connectivity index (χ2n) is 5.18. The lowest BCUT2D eigenvalue weighted by Crippen LogP contribution is -2.25. The van der Waals surface area contributed by atoms with Gasteiger partial charge in [-0.1, -0.05) is 22.0 Å². The van der Waals surface area contributed by atoms with E-state index in [9.17, 15) is 4.39 Å². The van der Waals surface area contributed by atoms with Gasteiger partial charge in [0.05, 0.1) is 10.9 Å². The summed E-state index contributed by atoms with van der Waals surface area (Å²) in [7, 11) is 0. The maximum atomic E-state index is 14.1. The van der Waals surface area contributed by atoms with Gasteiger partial charge < -0.3 is 4.57 Å². The summed E-state index contributed by atoms with van der Waals surface area (Å²) in [6, 6.07) is 4.88. The third-order valence-corrected chi connectivity index (χ3v) is 3.87. The molecule has 2 rings (SSSR count). The van der Waals surface area contributed by atoms with Gasteiger partial charge in [0.1, 0.15) is 11.6 Å². The predicted molar refractivity (Wildman–Crippen MR) is 80.7 cm³/mol. The van der Waals surface area contributed by atoms with Crippen molar-refractivity contribution < 1.29 is 4.39 Å². The van der Waals surface area contributed by atoms with Gasteiger partial charge >= 0.3 is 0 Å². The molecule has 6 heteroatoms. The van der Waals surface area contributed by atoms with E-state index in [0.717, 1.165) is 5.82 Å². The molecule has 19 heavy (non-hydrogen) atoms. The van der Waals surface area contributed by atoms with E-state index >= 15 is 0 Å². The van der Waals surface area contributed by atoms with E-state index in [0.29, 0.717) is 21.2 Å². The van der Waals surface area contributed by atoms with Crippen molar-refractivity contribution in [1.29, 1.82) is 0 Å². The molecule has 1 aromatic carbocycles. The third-order valence-electron chi connectivity index (χ3n) is 2.71. The predicted octanol–water partition coefficient (Wildman–Crippen LogP) is 4.50. The molecule has 0 bridgehead atoms. The number of nitrogens with zero attached hydrogens (tertiary/aromatic N) is 3. The van der Waals surface area contributed by atoms with Crippen LogP contribution in [0.1, 0.15) is 26.6 Å². The number of benzene rings is 1. The standard InChI is InChI=1S/C13H14Br2FN3/c1-13(2,3)19-10(7-14)17-18-12(19)11-8(15)5-4-6-9(11)16/h4-6H,7H2,1-3H3. The SMILES string of the molecule is CC(C)(C)n1c(CBr)nnc1-c1c(F)cccc1Br. The van der Waals surface area contributed by atoms with Gasteiger partial charge in [-0.05, 0) is 48.8 Å². The van der Waals surface area contributed by atoms with Crippen LogP contribution in [0.5, 0.6) is 0 Å². The van der Waals surface area contributed by atoms with Gasteiger partial charge in [-0.15, -0.1) is 10.2 Å². The summed E-state index contributed by atoms with van der Waals surface area (Å²) >= 11 is 6.78. The van der Waals surface area contributed by atoms with Crippen LogP contribution in [-0.2, 0) is 10.9 Å². The number of rotatable bonds is 2. The van der Waals surface area contributed by atoms with Crippen molar-refractivity contribution in [2.24, 2.45) is 0 Å². The Morgan fingerprint density at radius 2 is 1.95 bits per heavy atom. The van der Waals surface area contributed by atoms with E-state index in [1.807, 2.05) is 25.3 Å². The first-order valence-electron chi connectivity index (χ1n) is 5.81. The maximum absolute atomic E-state index is 14.1. The zero-order valence-electron chi connectivity index (χ0n) is 10.9. The molecule has 0 amide bonds. The van der Waals surface area contributed by atoms with Crippen molar-refractivity contribution in [3.63, 3.8) is 0 Å². The van der Waals surface area contributed by atoms with Crippen LogP contribution in [0.15, 0.2) is 22.7 Å². The second kappa shape index (κ2) is 5.32. The summed E-state index contributed by atoms with van der Waals surface area (Å²) in [6.45, 7) is 6.13. The normalized spacial score (nSPS) is 11.9. The molecule has 0 saturated carbocycles. The van der Waals surface area contributed by atoms with Crippen molar-refractivity contribution >= 4 is 31.9 Å². The summed E-state index contributed by atoms with van der Waals surface area (Å²) in [4.78, 5) is 0. The van der Waals surface area contributed by atoms with E-state index in [4.69, 9.17) is 0 Å². The minimum atomic E-state index is -0.312. The molecule has 0 N–H and O–H groups in total. The number of aromatic nitrogens is 3. The van der Waals surface area contributed by atoms with E-state index in [-0.39, 0.29) is 11.4 Å². The van der Waals surface area contributed by atoms with E-state index in [1.165, 1.54) is 6.07 Å². The zero-order valence-corrected chi connectivity index (χ0v) is 14.1. The molecule has 0 spiro atoms. The largest absolute Gasteiger partial charge is 0.305 e. The van der Waals surface area contributed by atoms with Crippen molar-refractivity contribution in [2.45, 2.75) is 31.6 Å². The summed E-state index contributed by atoms with van der Waals surface area (Å²) in [6.07, 6.45) is 0. The number of halogens is 3. The molecule has 0 aliphatic rings. The Labute approximate surface area is 128 Å². The van der Waals surface area contributed by atoms with Crippen LogP contribution in [0.2, 0.25) is 0 Å². The summed E-state index contributed by atoms with van der Waals surface area (Å²) in [5.74, 6) is 0.998. The molecular formula is C13H14Br2FN3. The van der Waals surface area contributed by atoms with Crippen LogP contribution in [0.4, 0.5) is 4.39 Å². The molecule has 2 aromatic rings. The van der Waals surface area contributed by atoms with Gasteiger partial charge in [-0.25, -0.2) is 4.39 Å². The minimum absolute atomic E-state index is 0.232. The van der Waals surface area contributed by atoms with Crippen LogP contribution in [-0.4, -0.2) is 14.8 Å². The summed E-state index contributed by atoms with van der Waals surface area (Å²) in [5, 5.41) is 8.87. The number of alkyl halides is 1. The molecule has 0 aliphatic heterocycles. The smallest absolute Gasteiger partial charge is 0.168 e. The molecule has 0 aliphatic carbocycles. The summed E-state index contributed by atoms with van der Waals surface area (Å²) < 4.78 is 16.7. The van der Waals surface area contributed by atoms with Crippen LogP contribution in [0.25, 0.3) is 11.4 Å². The van der Waals surface area contributed by atoms with Crippen LogP contribution in [0, 0.1) is 5.82 Å². The molecule has 0 unspecified atom stereocenters. The Hall–Kier alpha value is -0.750. The summed E-state index contributed by atoms with van der Waals surface area (Å²) in [5.41, 5.74) is 0.209. The third kappa shape index (κ3) is 2.74. The Morgan fingerprint density at radius 3 is 2.47 bits per heavy atom. The van der Waals surface area contributed by atoms with E-state index in [2.05, 4.69) is 42.1 Å². The highest BCUT2D eigenvalue weighted by atomic mass is 79.9. The monoisotopic (exact) mass is 389 g/mol. The van der Waals surface area contributed by atoms with Crippen molar-refractivity contribution in [3.8, 4) is 11.4 Å². The highest BCUT2D eigenvalue weighted by molar-refractivity contribution is 9.10. The minimum Gasteiger partial charge on any atom is -0.305 e. The van der Waals surface area contributed by atoms with Crippen LogP contribution < -0.4 is 0 Å². The molecule has 1 aromatic heterocycles. The highest BCUT2D eigenvalue weighted by Gasteiger charge is 2.26. The first-order chi connectivity index (χ1) is 8.86. The zero-order chi connectivity index (χ0) is 14.2. The number of hydrogen-bond acceptors (Lipinski definition) is 2. The molecule has 0 radical (unpaired) electrons. The fourth-order valence-electron chi connectivity index (χ4n) is 1.98. The molecule has 102 valence electrons. The van der Waals surface area contributed by atoms with Gasteiger partial charge in [-0.3, -0.25) is 0 Å². The second-order valence-corrected chi connectivity index (χ2v) is 6.59. The molecule has 0 fully saturated rings. The van der Waals surface area contributed by atoms with Gasteiger partial charge in [0.25, 0.3) is 0 Å². The van der Waals surface area contributed by atoms with E-state index in [1.54, 1.807) is 12.1 Å². The molecular weight excluding hydrogens is 377 g/mol. The van der Waals surface area contributed by atoms with Gasteiger partial charge in [0, 0.05) is 10.0 Å². The fraction of sp³-hybridized carbons (Fsp3) is 0.385. The lowest BCUT2D eigenvalue weighted by molar-refractivity contribution is 0.390. The van der Waals surface area contributed by atoms with Crippen molar-refractivity contribution in [1.82, 2.24) is 14.8 Å². The Morgan fingerprint density at radius 1 is 1.26 bits per heavy atom. The molecule has 0 atom stereocenters. The Kier molecular flexibility index (Phi) is 4.11. The lowest BCUT2D eigenvalue weighted by Gasteiger charge is -2.25. The van der Waals surface area contributed by atoms with Gasteiger partial charge in [-0.2, -0.15) is 0 Å². The van der Waals surface area contributed by atoms with Gasteiger partial charge in [0.2, 0.25) is 0 Å². The topological polar surface area (TPSA) is 30.7 Å². The quantitative estimate of drug-likeness (QED) is 0.707. The Bertz CT molecular complexity index is 582. The van der Waals surface area contributed by atoms with Crippen LogP contribution in [0.3, 0.4) is 0 Å². The highest BCUT2D eigenvalue weighted by Crippen LogP contribution is 2.33. The van der Waals surface area contributed by atoms with Gasteiger partial charge in [0.15, 0.2) is 5.82 Å². The average Bonchev–Trinajstić information content (AvgIpc) is 2.72. The van der Waals surface area contributed by atoms with Crippen molar-refractivity contribution in [2.75, 3.05) is 0 Å².